The average Bonchev–Trinajstić information content (AvgIpc) is 3.77. The molecule has 0 radical (unpaired) electrons. The summed E-state index contributed by atoms with van der Waals surface area (Å²) in [6, 6.07) is 11.1. The van der Waals surface area contributed by atoms with Crippen molar-refractivity contribution in [3.8, 4) is 11.4 Å². The molecule has 2 unspecified atom stereocenters. The molecule has 2 atom stereocenters. The normalized spacial score (nSPS) is 19.0. The molecular formula is C31H31F3N6O3. The highest BCUT2D eigenvalue weighted by Crippen LogP contribution is 2.40. The van der Waals surface area contributed by atoms with Gasteiger partial charge in [-0.15, -0.1) is 0 Å². The van der Waals surface area contributed by atoms with E-state index < -0.39 is 17.6 Å². The lowest BCUT2D eigenvalue weighted by Gasteiger charge is -2.37. The predicted molar refractivity (Wildman–Crippen MR) is 155 cm³/mol. The summed E-state index contributed by atoms with van der Waals surface area (Å²) in [5.41, 5.74) is 7.58. The van der Waals surface area contributed by atoms with E-state index in [1.807, 2.05) is 11.0 Å². The van der Waals surface area contributed by atoms with Gasteiger partial charge in [0.2, 0.25) is 5.91 Å². The molecule has 2 aliphatic rings. The molecule has 1 aliphatic carbocycles. The van der Waals surface area contributed by atoms with E-state index >= 15 is 0 Å². The second-order valence-corrected chi connectivity index (χ2v) is 11.2. The minimum absolute atomic E-state index is 0.00652. The molecule has 224 valence electrons. The number of rotatable bonds is 6. The summed E-state index contributed by atoms with van der Waals surface area (Å²) in [7, 11) is 1.45. The zero-order valence-electron chi connectivity index (χ0n) is 23.7. The highest BCUT2D eigenvalue weighted by molar-refractivity contribution is 6.05. The van der Waals surface area contributed by atoms with Crippen molar-refractivity contribution in [3.63, 3.8) is 0 Å². The van der Waals surface area contributed by atoms with Crippen LogP contribution in [-0.4, -0.2) is 51.2 Å². The molecule has 0 spiro atoms. The number of alkyl halides is 3. The number of nitrogens with one attached hydrogen (secondary N) is 1. The van der Waals surface area contributed by atoms with Gasteiger partial charge in [0, 0.05) is 47.3 Å². The maximum Gasteiger partial charge on any atom is 0.416 e. The first kappa shape index (κ1) is 28.5. The van der Waals surface area contributed by atoms with E-state index in [0.717, 1.165) is 48.9 Å². The number of ether oxygens (including phenoxy) is 1. The van der Waals surface area contributed by atoms with Gasteiger partial charge in [-0.05, 0) is 75.1 Å². The molecule has 2 fully saturated rings. The Hall–Kier alpha value is -4.61. The lowest BCUT2D eigenvalue weighted by molar-refractivity contribution is -0.137. The van der Waals surface area contributed by atoms with E-state index in [2.05, 4.69) is 17.2 Å². The molecule has 3 heterocycles. The number of anilines is 2. The average molecular weight is 593 g/mol. The molecule has 6 rings (SSSR count). The second-order valence-electron chi connectivity index (χ2n) is 11.2. The number of nitrogens with zero attached hydrogens (tertiary/aromatic N) is 4. The van der Waals surface area contributed by atoms with Crippen molar-refractivity contribution in [1.82, 2.24) is 19.7 Å². The Morgan fingerprint density at radius 1 is 1.07 bits per heavy atom. The highest BCUT2D eigenvalue weighted by atomic mass is 19.4. The van der Waals surface area contributed by atoms with Gasteiger partial charge in [0.1, 0.15) is 22.8 Å². The Kier molecular flexibility index (Phi) is 7.23. The fourth-order valence-electron chi connectivity index (χ4n) is 5.76. The van der Waals surface area contributed by atoms with Crippen molar-refractivity contribution in [1.29, 1.82) is 0 Å². The summed E-state index contributed by atoms with van der Waals surface area (Å²) in [5, 5.41) is 8.31. The smallest absolute Gasteiger partial charge is 0.416 e. The number of amides is 2. The third kappa shape index (κ3) is 5.49. The van der Waals surface area contributed by atoms with Gasteiger partial charge in [-0.25, -0.2) is 9.67 Å². The summed E-state index contributed by atoms with van der Waals surface area (Å²) < 4.78 is 46.7. The zero-order valence-corrected chi connectivity index (χ0v) is 23.7. The molecule has 4 aromatic rings. The molecular weight excluding hydrogens is 561 g/mol. The number of halogens is 3. The topological polar surface area (TPSA) is 115 Å². The van der Waals surface area contributed by atoms with Crippen molar-refractivity contribution in [2.24, 2.45) is 5.92 Å². The van der Waals surface area contributed by atoms with Crippen molar-refractivity contribution in [2.75, 3.05) is 24.7 Å². The molecule has 0 bridgehead atoms. The Labute approximate surface area is 245 Å². The highest BCUT2D eigenvalue weighted by Gasteiger charge is 2.39. The molecule has 2 amide bonds. The van der Waals surface area contributed by atoms with E-state index in [0.29, 0.717) is 23.5 Å². The number of carbonyl (C=O) groups is 2. The first-order valence-electron chi connectivity index (χ1n) is 14.2. The minimum atomic E-state index is -4.53. The van der Waals surface area contributed by atoms with Crippen LogP contribution in [-0.2, 0) is 11.0 Å². The van der Waals surface area contributed by atoms with E-state index in [1.165, 1.54) is 25.3 Å². The number of pyridine rings is 1. The number of aromatic nitrogens is 3. The van der Waals surface area contributed by atoms with Crippen LogP contribution >= 0.6 is 0 Å². The largest absolute Gasteiger partial charge is 0.494 e. The van der Waals surface area contributed by atoms with Crippen LogP contribution < -0.4 is 15.8 Å². The number of fused-ring (bicyclic) bond motifs is 1. The number of methoxy groups -OCH3 is 1. The monoisotopic (exact) mass is 592 g/mol. The number of hydrogen-bond donors (Lipinski definition) is 2. The lowest BCUT2D eigenvalue weighted by atomic mass is 9.89. The molecule has 1 aliphatic heterocycles. The Bertz CT molecular complexity index is 1710. The molecule has 3 N–H and O–H groups in total. The minimum Gasteiger partial charge on any atom is -0.494 e. The van der Waals surface area contributed by atoms with E-state index in [9.17, 15) is 22.8 Å². The first-order valence-corrected chi connectivity index (χ1v) is 14.2. The number of nitrogens with two attached hydrogens (primary N) is 1. The molecule has 1 saturated carbocycles. The number of likely N-dealkylation sites (tertiary alicyclic amines) is 1. The van der Waals surface area contributed by atoms with Crippen LogP contribution in [0.4, 0.5) is 24.7 Å². The van der Waals surface area contributed by atoms with Gasteiger partial charge in [-0.3, -0.25) is 9.59 Å². The summed E-state index contributed by atoms with van der Waals surface area (Å²) in [6.45, 7) is 2.65. The second kappa shape index (κ2) is 10.9. The Morgan fingerprint density at radius 2 is 1.86 bits per heavy atom. The molecule has 43 heavy (non-hydrogen) atoms. The third-order valence-corrected chi connectivity index (χ3v) is 8.24. The fourth-order valence-corrected chi connectivity index (χ4v) is 5.76. The van der Waals surface area contributed by atoms with Crippen LogP contribution in [0, 0.1) is 5.92 Å². The number of benzene rings is 2. The fraction of sp³-hybridized carbons (Fsp3) is 0.355. The van der Waals surface area contributed by atoms with Gasteiger partial charge in [0.25, 0.3) is 5.91 Å². The van der Waals surface area contributed by atoms with E-state index in [4.69, 9.17) is 15.6 Å². The first-order chi connectivity index (χ1) is 20.5. The van der Waals surface area contributed by atoms with Crippen LogP contribution in [0.3, 0.4) is 0 Å². The van der Waals surface area contributed by atoms with E-state index in [-0.39, 0.29) is 40.9 Å². The van der Waals surface area contributed by atoms with Gasteiger partial charge in [-0.1, -0.05) is 6.07 Å². The van der Waals surface area contributed by atoms with Gasteiger partial charge >= 0.3 is 6.18 Å². The van der Waals surface area contributed by atoms with E-state index in [1.54, 1.807) is 23.0 Å². The number of carbonyl (C=O) groups excluding carboxylic acids is 2. The van der Waals surface area contributed by atoms with Gasteiger partial charge in [0.05, 0.1) is 18.4 Å². The number of piperidine rings is 1. The summed E-state index contributed by atoms with van der Waals surface area (Å²) in [5.74, 6) is 0.297. The Morgan fingerprint density at radius 3 is 2.58 bits per heavy atom. The standard InChI is InChI=1S/C31H31F3N6O3/c1-17-6-7-20(16-39(17)30(42)18-8-9-18)26-23-12-13-36-28(35)27(23)40(38-26)24-11-10-19(14-25(24)43-2)29(41)37-22-5-3-4-21(15-22)31(32,33)34/h3-5,10-15,17-18,20H,6-9,16H2,1-2H3,(H2,35,36)(H,37,41). The van der Waals surface area contributed by atoms with Crippen LogP contribution in [0.2, 0.25) is 0 Å². The Balaban J connectivity index is 1.33. The quantitative estimate of drug-likeness (QED) is 0.293. The summed E-state index contributed by atoms with van der Waals surface area (Å²) in [4.78, 5) is 32.3. The van der Waals surface area contributed by atoms with Crippen molar-refractivity contribution >= 4 is 34.2 Å². The zero-order chi connectivity index (χ0) is 30.5. The van der Waals surface area contributed by atoms with Crippen LogP contribution in [0.1, 0.15) is 60.1 Å². The lowest BCUT2D eigenvalue weighted by Crippen LogP contribution is -2.45. The summed E-state index contributed by atoms with van der Waals surface area (Å²) in [6.07, 6.45) is 0.700. The predicted octanol–water partition coefficient (Wildman–Crippen LogP) is 5.79. The maximum absolute atomic E-state index is 13.1. The van der Waals surface area contributed by atoms with Crippen LogP contribution in [0.5, 0.6) is 5.75 Å². The van der Waals surface area contributed by atoms with Gasteiger partial charge < -0.3 is 20.7 Å². The SMILES string of the molecule is COc1cc(C(=O)Nc2cccc(C(F)(F)F)c2)ccc1-n1nc(C2CCC(C)N(C(=O)C3CC3)C2)c2ccnc(N)c21. The van der Waals surface area contributed by atoms with Crippen LogP contribution in [0.15, 0.2) is 54.7 Å². The molecule has 2 aromatic heterocycles. The molecule has 2 aromatic carbocycles. The van der Waals surface area contributed by atoms with Gasteiger partial charge in [0.15, 0.2) is 0 Å². The summed E-state index contributed by atoms with van der Waals surface area (Å²) >= 11 is 0. The van der Waals surface area contributed by atoms with Crippen molar-refractivity contribution < 1.29 is 27.5 Å². The molecule has 1 saturated heterocycles. The van der Waals surface area contributed by atoms with Crippen molar-refractivity contribution in [3.05, 3.63) is 71.5 Å². The van der Waals surface area contributed by atoms with Crippen molar-refractivity contribution in [2.45, 2.75) is 50.7 Å². The van der Waals surface area contributed by atoms with Gasteiger partial charge in [-0.2, -0.15) is 18.3 Å². The maximum atomic E-state index is 13.1. The number of nitrogen functional groups attached to an aromatic ring is 1. The van der Waals surface area contributed by atoms with Crippen LogP contribution in [0.25, 0.3) is 16.6 Å². The third-order valence-electron chi connectivity index (χ3n) is 8.24. The molecule has 9 nitrogen and oxygen atoms in total. The molecule has 12 heteroatoms. The number of hydrogen-bond acceptors (Lipinski definition) is 6.